The van der Waals surface area contributed by atoms with E-state index >= 15 is 0 Å². The Morgan fingerprint density at radius 2 is 1.89 bits per heavy atom. The molecule has 0 aromatic carbocycles. The van der Waals surface area contributed by atoms with E-state index in [1.165, 1.54) is 4.90 Å². The van der Waals surface area contributed by atoms with Crippen molar-refractivity contribution < 1.29 is 18.5 Å². The zero-order valence-corrected chi connectivity index (χ0v) is 11.1. The Labute approximate surface area is 131 Å². The highest BCUT2D eigenvalue weighted by Crippen LogP contribution is 2.15. The monoisotopic (exact) mass is 280 g/mol. The first-order valence-electron chi connectivity index (χ1n) is 11.5. The van der Waals surface area contributed by atoms with Gasteiger partial charge in [-0.2, -0.15) is 0 Å². The lowest BCUT2D eigenvalue weighted by atomic mass is 10.2. The SMILES string of the molecule is [2H]C([2H])([2H])C([2H])([2H])N1CCCC1C(N)=O.[2H]C([2H])([2H])C([2H])([2H])N1CCCC1CN. The fourth-order valence-electron chi connectivity index (χ4n) is 2.42. The van der Waals surface area contributed by atoms with E-state index in [2.05, 4.69) is 0 Å². The van der Waals surface area contributed by atoms with Gasteiger partial charge in [-0.25, -0.2) is 0 Å². The first kappa shape index (κ1) is 6.87. The highest BCUT2D eigenvalue weighted by atomic mass is 16.1. The third-order valence-corrected chi connectivity index (χ3v) is 3.52. The summed E-state index contributed by atoms with van der Waals surface area (Å²) in [7, 11) is 0. The second-order valence-corrected chi connectivity index (χ2v) is 4.70. The number of hydrogen-bond acceptors (Lipinski definition) is 4. The molecule has 2 unspecified atom stereocenters. The molecule has 2 rings (SSSR count). The average molecular weight is 280 g/mol. The fourth-order valence-corrected chi connectivity index (χ4v) is 2.42. The summed E-state index contributed by atoms with van der Waals surface area (Å²) in [6.45, 7) is -9.09. The normalized spacial score (nSPS) is 38.8. The van der Waals surface area contributed by atoms with E-state index in [9.17, 15) is 4.79 Å². The molecule has 2 atom stereocenters. The van der Waals surface area contributed by atoms with Crippen LogP contribution in [0.5, 0.6) is 0 Å². The van der Waals surface area contributed by atoms with E-state index < -0.39 is 38.6 Å². The summed E-state index contributed by atoms with van der Waals surface area (Å²) < 4.78 is 72.9. The van der Waals surface area contributed by atoms with Crippen LogP contribution in [-0.4, -0.2) is 60.4 Å². The molecule has 2 aliphatic rings. The van der Waals surface area contributed by atoms with Crippen LogP contribution in [0.15, 0.2) is 0 Å². The number of primary amides is 1. The average Bonchev–Trinajstić information content (AvgIpc) is 3.22. The first-order chi connectivity index (χ1) is 13.0. The maximum atomic E-state index is 11.0. The van der Waals surface area contributed by atoms with E-state index in [-0.39, 0.29) is 12.6 Å². The molecule has 0 aromatic rings. The molecule has 5 heteroatoms. The largest absolute Gasteiger partial charge is 0.368 e. The maximum Gasteiger partial charge on any atom is 0.234 e. The van der Waals surface area contributed by atoms with Gasteiger partial charge in [-0.3, -0.25) is 14.6 Å². The van der Waals surface area contributed by atoms with Crippen molar-refractivity contribution in [1.29, 1.82) is 0 Å². The van der Waals surface area contributed by atoms with Crippen molar-refractivity contribution in [1.82, 2.24) is 9.80 Å². The van der Waals surface area contributed by atoms with Crippen LogP contribution in [0, 0.1) is 0 Å². The van der Waals surface area contributed by atoms with Crippen molar-refractivity contribution in [3.05, 3.63) is 0 Å². The molecule has 1 amide bonds. The molecule has 112 valence electrons. The number of nitrogens with two attached hydrogens (primary N) is 2. The van der Waals surface area contributed by atoms with Gasteiger partial charge in [-0.1, -0.05) is 13.7 Å². The topological polar surface area (TPSA) is 75.6 Å². The molecule has 4 N–H and O–H groups in total. The Bertz CT molecular complexity index is 566. The molecule has 5 nitrogen and oxygen atoms in total. The van der Waals surface area contributed by atoms with Crippen molar-refractivity contribution in [2.24, 2.45) is 11.5 Å². The van der Waals surface area contributed by atoms with Crippen molar-refractivity contribution in [3.63, 3.8) is 0 Å². The van der Waals surface area contributed by atoms with Crippen molar-refractivity contribution >= 4 is 5.91 Å². The number of carbonyl (C=O) groups is 1. The second-order valence-electron chi connectivity index (χ2n) is 4.70. The molecule has 19 heavy (non-hydrogen) atoms. The molecular weight excluding hydrogens is 240 g/mol. The Hall–Kier alpha value is -0.650. The molecule has 2 heterocycles. The van der Waals surface area contributed by atoms with Crippen molar-refractivity contribution in [2.75, 3.05) is 32.6 Å². The van der Waals surface area contributed by atoms with Gasteiger partial charge in [0.1, 0.15) is 0 Å². The number of nitrogens with zero attached hydrogens (tertiary/aromatic N) is 2. The third-order valence-electron chi connectivity index (χ3n) is 3.52. The third kappa shape index (κ3) is 4.75. The van der Waals surface area contributed by atoms with Gasteiger partial charge >= 0.3 is 0 Å². The predicted octanol–water partition coefficient (Wildman–Crippen LogP) is 0.385. The van der Waals surface area contributed by atoms with Crippen LogP contribution in [0.4, 0.5) is 0 Å². The van der Waals surface area contributed by atoms with Gasteiger partial charge in [0.25, 0.3) is 0 Å². The number of likely N-dealkylation sites (N-methyl/N-ethyl adjacent to an activating group) is 2. The molecule has 0 radical (unpaired) electrons. The van der Waals surface area contributed by atoms with E-state index in [0.717, 1.165) is 17.7 Å². The summed E-state index contributed by atoms with van der Waals surface area (Å²) in [5.41, 5.74) is 10.6. The fraction of sp³-hybridized carbons (Fsp3) is 0.929. The highest BCUT2D eigenvalue weighted by molar-refractivity contribution is 5.80. The van der Waals surface area contributed by atoms with E-state index in [1.54, 1.807) is 0 Å². The molecule has 2 saturated heterocycles. The van der Waals surface area contributed by atoms with Gasteiger partial charge in [0.15, 0.2) is 0 Å². The van der Waals surface area contributed by atoms with Crippen molar-refractivity contribution in [2.45, 2.75) is 51.5 Å². The number of likely N-dealkylation sites (tertiary alicyclic amines) is 2. The molecule has 0 aliphatic carbocycles. The van der Waals surface area contributed by atoms with E-state index in [0.29, 0.717) is 25.9 Å². The number of hydrogen-bond donors (Lipinski definition) is 2. The Balaban J connectivity index is 0.000000291. The lowest BCUT2D eigenvalue weighted by molar-refractivity contribution is -0.122. The molecule has 2 fully saturated rings. The summed E-state index contributed by atoms with van der Waals surface area (Å²) >= 11 is 0. The lowest BCUT2D eigenvalue weighted by Crippen LogP contribution is -2.39. The minimum atomic E-state index is -2.77. The van der Waals surface area contributed by atoms with Crippen LogP contribution in [0.25, 0.3) is 0 Å². The molecule has 2 aliphatic heterocycles. The zero-order valence-electron chi connectivity index (χ0n) is 21.1. The van der Waals surface area contributed by atoms with Crippen LogP contribution in [0.3, 0.4) is 0 Å². The summed E-state index contributed by atoms with van der Waals surface area (Å²) in [6, 6.07) is -0.939. The Morgan fingerprint density at radius 1 is 1.26 bits per heavy atom. The number of amides is 1. The zero-order chi connectivity index (χ0) is 22.8. The Morgan fingerprint density at radius 3 is 2.53 bits per heavy atom. The minimum absolute atomic E-state index is 0.134. The number of rotatable bonds is 4. The summed E-state index contributed by atoms with van der Waals surface area (Å²) in [6.07, 6.45) is 2.61. The van der Waals surface area contributed by atoms with E-state index in [1.807, 2.05) is 0 Å². The van der Waals surface area contributed by atoms with Gasteiger partial charge in [-0.15, -0.1) is 0 Å². The highest BCUT2D eigenvalue weighted by Gasteiger charge is 2.26. The van der Waals surface area contributed by atoms with Crippen LogP contribution < -0.4 is 11.5 Å². The van der Waals surface area contributed by atoms with Crippen molar-refractivity contribution in [3.8, 4) is 0 Å². The molecule has 0 spiro atoms. The standard InChI is InChI=1S/C7H14N2O.C7H16N2/c1-2-9-5-3-4-6(9)7(8)10;1-2-9-5-3-4-7(9)6-8/h6H,2-5H2,1H3,(H2,8,10);7H,2-6,8H2,1H3/i2*1D3,2D2. The van der Waals surface area contributed by atoms with Crippen LogP contribution in [-0.2, 0) is 4.79 Å². The minimum Gasteiger partial charge on any atom is -0.368 e. The van der Waals surface area contributed by atoms with Gasteiger partial charge < -0.3 is 11.5 Å². The van der Waals surface area contributed by atoms with E-state index in [4.69, 9.17) is 25.2 Å². The summed E-state index contributed by atoms with van der Waals surface area (Å²) in [5, 5.41) is 0. The molecule has 0 aromatic heterocycles. The molecule has 0 bridgehead atoms. The predicted molar refractivity (Wildman–Crippen MR) is 78.8 cm³/mol. The first-order valence-corrected chi connectivity index (χ1v) is 6.51. The van der Waals surface area contributed by atoms with Crippen LogP contribution in [0.1, 0.15) is 53.1 Å². The van der Waals surface area contributed by atoms with Crippen LogP contribution >= 0.6 is 0 Å². The van der Waals surface area contributed by atoms with Gasteiger partial charge in [0.2, 0.25) is 5.91 Å². The Kier molecular flexibility index (Phi) is 3.08. The van der Waals surface area contributed by atoms with Gasteiger partial charge in [0, 0.05) is 26.3 Å². The summed E-state index contributed by atoms with van der Waals surface area (Å²) in [5.74, 6) is -0.666. The maximum absolute atomic E-state index is 11.0. The van der Waals surface area contributed by atoms with Gasteiger partial charge in [-0.05, 0) is 51.8 Å². The lowest BCUT2D eigenvalue weighted by Gasteiger charge is -2.20. The molecule has 0 saturated carbocycles. The summed E-state index contributed by atoms with van der Waals surface area (Å²) in [4.78, 5) is 13.4. The number of carbonyl (C=O) groups excluding carboxylic acids is 1. The van der Waals surface area contributed by atoms with Gasteiger partial charge in [0.05, 0.1) is 6.04 Å². The second kappa shape index (κ2) is 8.51. The quantitative estimate of drug-likeness (QED) is 0.781. The smallest absolute Gasteiger partial charge is 0.234 e. The van der Waals surface area contributed by atoms with Crippen LogP contribution in [0.2, 0.25) is 0 Å². The molecular formula is C14H30N4O.